The molecule has 0 fully saturated rings. The van der Waals surface area contributed by atoms with Crippen LogP contribution in [0.15, 0.2) is 0 Å². The van der Waals surface area contributed by atoms with E-state index >= 15 is 0 Å². The van der Waals surface area contributed by atoms with Crippen LogP contribution in [-0.2, 0) is 0 Å². The summed E-state index contributed by atoms with van der Waals surface area (Å²) in [5, 5.41) is 0. The van der Waals surface area contributed by atoms with Gasteiger partial charge in [-0.05, 0) is 24.2 Å². The van der Waals surface area contributed by atoms with Gasteiger partial charge in [0.15, 0.2) is 0 Å². The van der Waals surface area contributed by atoms with Crippen molar-refractivity contribution in [1.82, 2.24) is 0 Å². The van der Waals surface area contributed by atoms with Gasteiger partial charge in [-0.1, -0.05) is 98.8 Å². The molecular formula is C19H40. The van der Waals surface area contributed by atoms with Crippen LogP contribution in [-0.4, -0.2) is 0 Å². The molecule has 0 bridgehead atoms. The third-order valence-electron chi connectivity index (χ3n) is 4.70. The second-order valence-corrected chi connectivity index (χ2v) is 7.09. The van der Waals surface area contributed by atoms with E-state index < -0.39 is 0 Å². The van der Waals surface area contributed by atoms with Crippen molar-refractivity contribution in [3.05, 3.63) is 0 Å². The number of unbranched alkanes of at least 4 members (excludes halogenated alkanes) is 5. The largest absolute Gasteiger partial charge is 0.0654 e. The summed E-state index contributed by atoms with van der Waals surface area (Å²) >= 11 is 0. The third kappa shape index (κ3) is 12.8. The molecule has 0 aromatic heterocycles. The van der Waals surface area contributed by atoms with Crippen LogP contribution >= 0.6 is 0 Å². The maximum absolute atomic E-state index is 2.46. The highest BCUT2D eigenvalue weighted by Crippen LogP contribution is 2.23. The minimum Gasteiger partial charge on any atom is -0.0654 e. The van der Waals surface area contributed by atoms with Crippen molar-refractivity contribution in [3.63, 3.8) is 0 Å². The molecule has 0 aromatic rings. The zero-order valence-corrected chi connectivity index (χ0v) is 14.5. The molecule has 0 rings (SSSR count). The highest BCUT2D eigenvalue weighted by Gasteiger charge is 2.09. The highest BCUT2D eigenvalue weighted by molar-refractivity contribution is 4.62. The first-order chi connectivity index (χ1) is 9.10. The summed E-state index contributed by atoms with van der Waals surface area (Å²) in [6, 6.07) is 0. The first-order valence-electron chi connectivity index (χ1n) is 9.10. The van der Waals surface area contributed by atoms with Crippen LogP contribution in [0.25, 0.3) is 0 Å². The normalized spacial score (nSPS) is 16.3. The number of hydrogen-bond donors (Lipinski definition) is 0. The molecule has 0 aliphatic carbocycles. The maximum Gasteiger partial charge on any atom is -0.0440 e. The molecule has 0 aliphatic heterocycles. The molecule has 3 unspecified atom stereocenters. The Bertz CT molecular complexity index is 173. The quantitative estimate of drug-likeness (QED) is 0.309. The van der Waals surface area contributed by atoms with Gasteiger partial charge < -0.3 is 0 Å². The summed E-state index contributed by atoms with van der Waals surface area (Å²) < 4.78 is 0. The molecule has 0 aromatic carbocycles. The molecule has 0 heteroatoms. The molecule has 0 spiro atoms. The molecular weight excluding hydrogens is 228 g/mol. The smallest absolute Gasteiger partial charge is 0.0440 e. The number of rotatable bonds is 13. The highest BCUT2D eigenvalue weighted by atomic mass is 14.2. The molecule has 19 heavy (non-hydrogen) atoms. The minimum atomic E-state index is 0.920. The van der Waals surface area contributed by atoms with Crippen LogP contribution < -0.4 is 0 Å². The Kier molecular flexibility index (Phi) is 13.0. The lowest BCUT2D eigenvalue weighted by Gasteiger charge is -2.18. The Morgan fingerprint density at radius 1 is 0.579 bits per heavy atom. The van der Waals surface area contributed by atoms with Crippen molar-refractivity contribution in [1.29, 1.82) is 0 Å². The van der Waals surface area contributed by atoms with Gasteiger partial charge in [-0.15, -0.1) is 0 Å². The molecule has 0 radical (unpaired) electrons. The standard InChI is InChI=1S/C19H40/c1-6-8-9-10-11-12-13-18(4)14-15-19(5)16-17(3)7-2/h17-19H,6-16H2,1-5H3. The molecule has 0 saturated heterocycles. The van der Waals surface area contributed by atoms with Gasteiger partial charge in [-0.3, -0.25) is 0 Å². The van der Waals surface area contributed by atoms with Crippen molar-refractivity contribution in [2.45, 2.75) is 105 Å². The van der Waals surface area contributed by atoms with Crippen molar-refractivity contribution in [3.8, 4) is 0 Å². The van der Waals surface area contributed by atoms with E-state index in [1.165, 1.54) is 70.6 Å². The fourth-order valence-corrected chi connectivity index (χ4v) is 2.96. The SMILES string of the molecule is CCCCCCCCC(C)CCC(C)CC(C)CC. The minimum absolute atomic E-state index is 0.920. The van der Waals surface area contributed by atoms with Crippen LogP contribution in [0.1, 0.15) is 105 Å². The van der Waals surface area contributed by atoms with Gasteiger partial charge in [-0.25, -0.2) is 0 Å². The summed E-state index contributed by atoms with van der Waals surface area (Å²) in [5.74, 6) is 2.80. The van der Waals surface area contributed by atoms with Crippen LogP contribution in [0.3, 0.4) is 0 Å². The molecule has 0 nitrogen and oxygen atoms in total. The van der Waals surface area contributed by atoms with Gasteiger partial charge in [-0.2, -0.15) is 0 Å². The summed E-state index contributed by atoms with van der Waals surface area (Å²) in [5.41, 5.74) is 0. The molecule has 0 aliphatic rings. The summed E-state index contributed by atoms with van der Waals surface area (Å²) in [6.45, 7) is 11.9. The maximum atomic E-state index is 2.46. The molecule has 3 atom stereocenters. The van der Waals surface area contributed by atoms with Gasteiger partial charge in [0, 0.05) is 0 Å². The zero-order valence-electron chi connectivity index (χ0n) is 14.5. The topological polar surface area (TPSA) is 0 Å². The van der Waals surface area contributed by atoms with E-state index in [0.717, 1.165) is 17.8 Å². The Hall–Kier alpha value is 0. The predicted octanol–water partition coefficient (Wildman–Crippen LogP) is 7.23. The average molecular weight is 269 g/mol. The van der Waals surface area contributed by atoms with Gasteiger partial charge in [0.05, 0.1) is 0 Å². The van der Waals surface area contributed by atoms with Crippen LogP contribution in [0.5, 0.6) is 0 Å². The van der Waals surface area contributed by atoms with Gasteiger partial charge in [0.1, 0.15) is 0 Å². The fourth-order valence-electron chi connectivity index (χ4n) is 2.96. The molecule has 0 amide bonds. The average Bonchev–Trinajstić information content (AvgIpc) is 2.40. The van der Waals surface area contributed by atoms with E-state index in [0.29, 0.717) is 0 Å². The lowest BCUT2D eigenvalue weighted by Crippen LogP contribution is -2.05. The lowest BCUT2D eigenvalue weighted by atomic mass is 9.88. The lowest BCUT2D eigenvalue weighted by molar-refractivity contribution is 0.344. The monoisotopic (exact) mass is 268 g/mol. The Labute approximate surface area is 123 Å². The molecule has 0 heterocycles. The van der Waals surface area contributed by atoms with E-state index in [9.17, 15) is 0 Å². The third-order valence-corrected chi connectivity index (χ3v) is 4.70. The molecule has 0 saturated carbocycles. The van der Waals surface area contributed by atoms with Crippen molar-refractivity contribution < 1.29 is 0 Å². The Balaban J connectivity index is 3.40. The van der Waals surface area contributed by atoms with E-state index in [1.807, 2.05) is 0 Å². The first kappa shape index (κ1) is 19.0. The summed E-state index contributed by atoms with van der Waals surface area (Å²) in [4.78, 5) is 0. The van der Waals surface area contributed by atoms with Gasteiger partial charge in [0.2, 0.25) is 0 Å². The van der Waals surface area contributed by atoms with E-state index in [-0.39, 0.29) is 0 Å². The molecule has 0 N–H and O–H groups in total. The van der Waals surface area contributed by atoms with Crippen molar-refractivity contribution >= 4 is 0 Å². The van der Waals surface area contributed by atoms with E-state index in [1.54, 1.807) is 0 Å². The first-order valence-corrected chi connectivity index (χ1v) is 9.10. The van der Waals surface area contributed by atoms with E-state index in [4.69, 9.17) is 0 Å². The summed E-state index contributed by atoms with van der Waals surface area (Å²) in [6.07, 6.45) is 15.8. The molecule has 116 valence electrons. The van der Waals surface area contributed by atoms with Gasteiger partial charge >= 0.3 is 0 Å². The van der Waals surface area contributed by atoms with Crippen LogP contribution in [0.2, 0.25) is 0 Å². The van der Waals surface area contributed by atoms with Gasteiger partial charge in [0.25, 0.3) is 0 Å². The second-order valence-electron chi connectivity index (χ2n) is 7.09. The fraction of sp³-hybridized carbons (Fsp3) is 1.00. The van der Waals surface area contributed by atoms with Crippen LogP contribution in [0, 0.1) is 17.8 Å². The van der Waals surface area contributed by atoms with E-state index in [2.05, 4.69) is 34.6 Å². The zero-order chi connectivity index (χ0) is 14.5. The van der Waals surface area contributed by atoms with Crippen LogP contribution in [0.4, 0.5) is 0 Å². The predicted molar refractivity (Wildman–Crippen MR) is 89.6 cm³/mol. The van der Waals surface area contributed by atoms with Crippen molar-refractivity contribution in [2.75, 3.05) is 0 Å². The Morgan fingerprint density at radius 2 is 1.16 bits per heavy atom. The second kappa shape index (κ2) is 13.0. The number of hydrogen-bond acceptors (Lipinski definition) is 0. The Morgan fingerprint density at radius 3 is 1.79 bits per heavy atom. The van der Waals surface area contributed by atoms with Crippen molar-refractivity contribution in [2.24, 2.45) is 17.8 Å². The summed E-state index contributed by atoms with van der Waals surface area (Å²) in [7, 11) is 0.